The van der Waals surface area contributed by atoms with Gasteiger partial charge in [0.25, 0.3) is 11.8 Å². The summed E-state index contributed by atoms with van der Waals surface area (Å²) < 4.78 is 64.4. The molecular formula is C36H28F4N6O4. The zero-order valence-corrected chi connectivity index (χ0v) is 26.3. The first-order valence-electron chi connectivity index (χ1n) is 14.8. The molecule has 0 bridgehead atoms. The summed E-state index contributed by atoms with van der Waals surface area (Å²) >= 11 is 0. The summed E-state index contributed by atoms with van der Waals surface area (Å²) in [6, 6.07) is 20.5. The number of anilines is 1. The molecule has 0 unspecified atom stereocenters. The van der Waals surface area contributed by atoms with Crippen molar-refractivity contribution in [3.8, 4) is 22.6 Å². The lowest BCUT2D eigenvalue weighted by Gasteiger charge is -2.09. The quantitative estimate of drug-likeness (QED) is 0.122. The normalized spacial score (nSPS) is 10.4. The third-order valence-electron chi connectivity index (χ3n) is 6.71. The second kappa shape index (κ2) is 16.5. The van der Waals surface area contributed by atoms with Gasteiger partial charge in [0.15, 0.2) is 6.73 Å². The molecule has 6 aromatic rings. The van der Waals surface area contributed by atoms with Crippen molar-refractivity contribution in [3.05, 3.63) is 156 Å². The molecule has 0 saturated carbocycles. The lowest BCUT2D eigenvalue weighted by molar-refractivity contribution is 0.0913. The van der Waals surface area contributed by atoms with Gasteiger partial charge in [-0.15, -0.1) is 0 Å². The average Bonchev–Trinajstić information content (AvgIpc) is 3.53. The topological polar surface area (TPSA) is 120 Å². The Morgan fingerprint density at radius 2 is 1.38 bits per heavy atom. The molecule has 2 amide bonds. The van der Waals surface area contributed by atoms with Gasteiger partial charge in [0.1, 0.15) is 52.8 Å². The fourth-order valence-electron chi connectivity index (χ4n) is 4.31. The van der Waals surface area contributed by atoms with E-state index < -0.39 is 17.5 Å². The molecule has 0 radical (unpaired) electrons. The fourth-order valence-corrected chi connectivity index (χ4v) is 4.31. The number of carbonyl (C=O) groups excluding carboxylic acids is 2. The van der Waals surface area contributed by atoms with Crippen LogP contribution in [0.15, 0.2) is 116 Å². The molecule has 254 valence electrons. The van der Waals surface area contributed by atoms with Crippen molar-refractivity contribution in [1.82, 2.24) is 25.1 Å². The Labute approximate surface area is 283 Å². The highest BCUT2D eigenvalue weighted by molar-refractivity contribution is 6.02. The SMILES string of the molecule is Cn1cc(COc2ccc(C(=O)Nc3ccc(F)cc3)nc2)cn1.O=C(NCOc1cc(F)cc(F)c1)c1cc(-c2ccc(F)cc2)ccn1. The van der Waals surface area contributed by atoms with Crippen LogP contribution in [0.3, 0.4) is 0 Å². The Morgan fingerprint density at radius 3 is 2.02 bits per heavy atom. The van der Waals surface area contributed by atoms with Gasteiger partial charge < -0.3 is 20.1 Å². The minimum atomic E-state index is -0.778. The molecule has 50 heavy (non-hydrogen) atoms. The van der Waals surface area contributed by atoms with E-state index in [1.54, 1.807) is 47.3 Å². The molecule has 0 aliphatic carbocycles. The molecule has 14 heteroatoms. The predicted octanol–water partition coefficient (Wildman–Crippen LogP) is 6.72. The third kappa shape index (κ3) is 10.2. The summed E-state index contributed by atoms with van der Waals surface area (Å²) in [5, 5.41) is 9.15. The number of nitrogens with one attached hydrogen (secondary N) is 2. The van der Waals surface area contributed by atoms with Gasteiger partial charge in [-0.3, -0.25) is 19.3 Å². The van der Waals surface area contributed by atoms with E-state index in [9.17, 15) is 27.2 Å². The molecule has 0 atom stereocenters. The maximum absolute atomic E-state index is 13.1. The summed E-state index contributed by atoms with van der Waals surface area (Å²) in [5.74, 6) is -2.66. The van der Waals surface area contributed by atoms with Crippen molar-refractivity contribution < 1.29 is 36.6 Å². The van der Waals surface area contributed by atoms with Gasteiger partial charge in [-0.05, 0) is 71.8 Å². The highest BCUT2D eigenvalue weighted by Crippen LogP contribution is 2.20. The van der Waals surface area contributed by atoms with E-state index >= 15 is 0 Å². The molecule has 0 spiro atoms. The number of nitrogens with zero attached hydrogens (tertiary/aromatic N) is 4. The summed E-state index contributed by atoms with van der Waals surface area (Å²) in [6.07, 6.45) is 6.52. The number of amides is 2. The molecular weight excluding hydrogens is 656 g/mol. The molecule has 0 aliphatic rings. The molecule has 6 rings (SSSR count). The predicted molar refractivity (Wildman–Crippen MR) is 175 cm³/mol. The maximum atomic E-state index is 13.1. The Balaban J connectivity index is 0.000000195. The van der Waals surface area contributed by atoms with Crippen molar-refractivity contribution in [3.63, 3.8) is 0 Å². The van der Waals surface area contributed by atoms with E-state index in [-0.39, 0.29) is 41.4 Å². The van der Waals surface area contributed by atoms with E-state index in [1.807, 2.05) is 13.2 Å². The lowest BCUT2D eigenvalue weighted by Crippen LogP contribution is -2.28. The zero-order valence-electron chi connectivity index (χ0n) is 26.3. The zero-order chi connectivity index (χ0) is 35.5. The van der Waals surface area contributed by atoms with Crippen LogP contribution < -0.4 is 20.1 Å². The number of hydrogen-bond donors (Lipinski definition) is 2. The molecule has 0 fully saturated rings. The first kappa shape index (κ1) is 34.8. The van der Waals surface area contributed by atoms with Gasteiger partial charge in [0.05, 0.1) is 12.4 Å². The second-order valence-electron chi connectivity index (χ2n) is 10.5. The standard InChI is InChI=1S/C19H13F3N2O2.C17H15FN4O2/c20-14-3-1-12(2-4-14)13-5-6-23-18(7-13)19(25)24-11-26-17-9-15(21)8-16(22)10-17;1-22-10-12(8-20-22)11-24-15-6-7-16(19-9-15)17(23)21-14-4-2-13(18)3-5-14/h1-10H,11H2,(H,24,25);2-10H,11H2,1H3,(H,21,23). The number of rotatable bonds is 10. The minimum absolute atomic E-state index is 0.0455. The van der Waals surface area contributed by atoms with E-state index in [4.69, 9.17) is 9.47 Å². The fraction of sp³-hybridized carbons (Fsp3) is 0.0833. The van der Waals surface area contributed by atoms with Gasteiger partial charge in [-0.1, -0.05) is 12.1 Å². The van der Waals surface area contributed by atoms with Crippen LogP contribution in [0.4, 0.5) is 23.2 Å². The van der Waals surface area contributed by atoms with Crippen LogP contribution in [0.1, 0.15) is 26.5 Å². The molecule has 3 heterocycles. The Morgan fingerprint density at radius 1 is 0.680 bits per heavy atom. The van der Waals surface area contributed by atoms with Crippen molar-refractivity contribution in [2.24, 2.45) is 7.05 Å². The van der Waals surface area contributed by atoms with E-state index in [1.165, 1.54) is 48.8 Å². The first-order valence-corrected chi connectivity index (χ1v) is 14.8. The number of aryl methyl sites for hydroxylation is 1. The molecule has 3 aromatic carbocycles. The van der Waals surface area contributed by atoms with Gasteiger partial charge in [-0.25, -0.2) is 22.5 Å². The third-order valence-corrected chi connectivity index (χ3v) is 6.71. The number of pyridine rings is 2. The lowest BCUT2D eigenvalue weighted by atomic mass is 10.1. The smallest absolute Gasteiger partial charge is 0.274 e. The second-order valence-corrected chi connectivity index (χ2v) is 10.5. The van der Waals surface area contributed by atoms with Crippen LogP contribution in [0.5, 0.6) is 11.5 Å². The van der Waals surface area contributed by atoms with Crippen LogP contribution >= 0.6 is 0 Å². The van der Waals surface area contributed by atoms with Gasteiger partial charge in [-0.2, -0.15) is 5.10 Å². The highest BCUT2D eigenvalue weighted by atomic mass is 19.1. The van der Waals surface area contributed by atoms with Crippen molar-refractivity contribution in [2.75, 3.05) is 12.0 Å². The number of benzene rings is 3. The van der Waals surface area contributed by atoms with Crippen LogP contribution in [0, 0.1) is 23.3 Å². The van der Waals surface area contributed by atoms with Gasteiger partial charge in [0, 0.05) is 48.9 Å². The number of aromatic nitrogens is 4. The summed E-state index contributed by atoms with van der Waals surface area (Å²) in [6.45, 7) is 0.0842. The van der Waals surface area contributed by atoms with Crippen LogP contribution in [0.25, 0.3) is 11.1 Å². The molecule has 3 aromatic heterocycles. The Bertz CT molecular complexity index is 2040. The number of carbonyl (C=O) groups is 2. The van der Waals surface area contributed by atoms with Crippen LogP contribution in [-0.2, 0) is 13.7 Å². The maximum Gasteiger partial charge on any atom is 0.274 e. The van der Waals surface area contributed by atoms with E-state index in [0.717, 1.165) is 29.3 Å². The largest absolute Gasteiger partial charge is 0.487 e. The Hall–Kier alpha value is -6.57. The molecule has 10 nitrogen and oxygen atoms in total. The number of ether oxygens (including phenoxy) is 2. The molecule has 0 saturated heterocycles. The van der Waals surface area contributed by atoms with Gasteiger partial charge >= 0.3 is 0 Å². The summed E-state index contributed by atoms with van der Waals surface area (Å²) in [5.41, 5.74) is 3.23. The van der Waals surface area contributed by atoms with Crippen molar-refractivity contribution in [2.45, 2.75) is 6.61 Å². The summed E-state index contributed by atoms with van der Waals surface area (Å²) in [7, 11) is 1.83. The van der Waals surface area contributed by atoms with E-state index in [0.29, 0.717) is 23.6 Å². The van der Waals surface area contributed by atoms with Crippen molar-refractivity contribution >= 4 is 17.5 Å². The Kier molecular flexibility index (Phi) is 11.5. The first-order chi connectivity index (χ1) is 24.1. The van der Waals surface area contributed by atoms with Gasteiger partial charge in [0.2, 0.25) is 0 Å². The highest BCUT2D eigenvalue weighted by Gasteiger charge is 2.11. The molecule has 0 aliphatic heterocycles. The van der Waals surface area contributed by atoms with Crippen molar-refractivity contribution in [1.29, 1.82) is 0 Å². The van der Waals surface area contributed by atoms with Crippen LogP contribution in [0.2, 0.25) is 0 Å². The molecule has 2 N–H and O–H groups in total. The monoisotopic (exact) mass is 684 g/mol. The number of hydrogen-bond acceptors (Lipinski definition) is 7. The van der Waals surface area contributed by atoms with Crippen LogP contribution in [-0.4, -0.2) is 38.3 Å². The minimum Gasteiger partial charge on any atom is -0.487 e. The average molecular weight is 685 g/mol. The number of halogens is 4. The van der Waals surface area contributed by atoms with E-state index in [2.05, 4.69) is 25.7 Å². The summed E-state index contributed by atoms with van der Waals surface area (Å²) in [4.78, 5) is 32.3.